The fraction of sp³-hybridized carbons (Fsp3) is 0.348. The predicted molar refractivity (Wildman–Crippen MR) is 110 cm³/mol. The number of nitrogens with zero attached hydrogens (tertiary/aromatic N) is 3. The van der Waals surface area contributed by atoms with Gasteiger partial charge in [-0.25, -0.2) is 4.98 Å². The summed E-state index contributed by atoms with van der Waals surface area (Å²) in [5.74, 6) is 0.0966. The maximum absolute atomic E-state index is 12.9. The highest BCUT2D eigenvalue weighted by Crippen LogP contribution is 2.32. The third-order valence-corrected chi connectivity index (χ3v) is 5.66. The monoisotopic (exact) mass is 375 g/mol. The van der Waals surface area contributed by atoms with Crippen LogP contribution in [0.1, 0.15) is 42.0 Å². The van der Waals surface area contributed by atoms with E-state index in [-0.39, 0.29) is 17.5 Å². The van der Waals surface area contributed by atoms with Crippen LogP contribution in [0.15, 0.2) is 53.6 Å². The standard InChI is InChI=1S/C23H25N3O2/c1-16-8-10-18(11-9-16)20-7-4-13-26(20)21(27)12-14-25-15-24-22-17(2)5-3-6-19(22)23(25)28/h3,5-6,8-11,15,20H,4,7,12-14H2,1-2H3/t20-/m1/s1. The van der Waals surface area contributed by atoms with E-state index < -0.39 is 0 Å². The van der Waals surface area contributed by atoms with Crippen LogP contribution in [0.5, 0.6) is 0 Å². The predicted octanol–water partition coefficient (Wildman–Crippen LogP) is 3.77. The van der Waals surface area contributed by atoms with E-state index in [4.69, 9.17) is 0 Å². The summed E-state index contributed by atoms with van der Waals surface area (Å²) < 4.78 is 1.55. The van der Waals surface area contributed by atoms with Gasteiger partial charge in [0.05, 0.1) is 23.3 Å². The van der Waals surface area contributed by atoms with E-state index in [2.05, 4.69) is 36.2 Å². The molecule has 0 spiro atoms. The molecule has 0 radical (unpaired) electrons. The maximum Gasteiger partial charge on any atom is 0.261 e. The Bertz CT molecular complexity index is 1070. The fourth-order valence-corrected chi connectivity index (χ4v) is 4.06. The van der Waals surface area contributed by atoms with Crippen molar-refractivity contribution in [3.8, 4) is 0 Å². The van der Waals surface area contributed by atoms with Crippen molar-refractivity contribution in [3.63, 3.8) is 0 Å². The van der Waals surface area contributed by atoms with Gasteiger partial charge >= 0.3 is 0 Å². The lowest BCUT2D eigenvalue weighted by Gasteiger charge is -2.25. The number of likely N-dealkylation sites (tertiary alicyclic amines) is 1. The summed E-state index contributed by atoms with van der Waals surface area (Å²) in [7, 11) is 0. The number of aromatic nitrogens is 2. The van der Waals surface area contributed by atoms with E-state index in [1.165, 1.54) is 11.1 Å². The van der Waals surface area contributed by atoms with Crippen molar-refractivity contribution in [2.45, 2.75) is 45.7 Å². The molecule has 0 unspecified atom stereocenters. The topological polar surface area (TPSA) is 55.2 Å². The van der Waals surface area contributed by atoms with Crippen molar-refractivity contribution in [2.75, 3.05) is 6.54 Å². The zero-order valence-electron chi connectivity index (χ0n) is 16.4. The van der Waals surface area contributed by atoms with Gasteiger partial charge in [0.25, 0.3) is 5.56 Å². The Balaban J connectivity index is 1.50. The first-order valence-electron chi connectivity index (χ1n) is 9.85. The van der Waals surface area contributed by atoms with Crippen LogP contribution in [0.2, 0.25) is 0 Å². The molecule has 1 atom stereocenters. The van der Waals surface area contributed by atoms with Gasteiger partial charge in [0.15, 0.2) is 0 Å². The summed E-state index contributed by atoms with van der Waals surface area (Å²) in [4.78, 5) is 32.0. The van der Waals surface area contributed by atoms with Crippen LogP contribution < -0.4 is 5.56 Å². The van der Waals surface area contributed by atoms with Crippen molar-refractivity contribution in [1.29, 1.82) is 0 Å². The molecule has 1 amide bonds. The lowest BCUT2D eigenvalue weighted by Crippen LogP contribution is -2.32. The molecule has 0 aliphatic carbocycles. The van der Waals surface area contributed by atoms with Gasteiger partial charge in [-0.2, -0.15) is 0 Å². The van der Waals surface area contributed by atoms with Crippen LogP contribution in [0.3, 0.4) is 0 Å². The van der Waals surface area contributed by atoms with E-state index in [1.54, 1.807) is 17.0 Å². The van der Waals surface area contributed by atoms with Gasteiger partial charge < -0.3 is 4.90 Å². The smallest absolute Gasteiger partial charge is 0.261 e. The van der Waals surface area contributed by atoms with Gasteiger partial charge in [-0.3, -0.25) is 14.2 Å². The minimum absolute atomic E-state index is 0.0852. The third kappa shape index (κ3) is 3.44. The van der Waals surface area contributed by atoms with Crippen LogP contribution in [0, 0.1) is 13.8 Å². The molecular weight excluding hydrogens is 350 g/mol. The fourth-order valence-electron chi connectivity index (χ4n) is 4.06. The van der Waals surface area contributed by atoms with Crippen molar-refractivity contribution in [1.82, 2.24) is 14.5 Å². The molecule has 5 nitrogen and oxygen atoms in total. The summed E-state index contributed by atoms with van der Waals surface area (Å²) in [5, 5.41) is 0.605. The average molecular weight is 375 g/mol. The summed E-state index contributed by atoms with van der Waals surface area (Å²) >= 11 is 0. The second-order valence-electron chi connectivity index (χ2n) is 7.62. The van der Waals surface area contributed by atoms with E-state index in [0.717, 1.165) is 30.5 Å². The number of hydrogen-bond donors (Lipinski definition) is 0. The molecule has 3 aromatic rings. The first-order chi connectivity index (χ1) is 13.5. The number of carbonyl (C=O) groups is 1. The van der Waals surface area contributed by atoms with Crippen LogP contribution in [-0.4, -0.2) is 26.9 Å². The van der Waals surface area contributed by atoms with Crippen molar-refractivity contribution in [3.05, 3.63) is 75.8 Å². The first-order valence-corrected chi connectivity index (χ1v) is 9.85. The lowest BCUT2D eigenvalue weighted by atomic mass is 10.0. The van der Waals surface area contributed by atoms with Crippen LogP contribution >= 0.6 is 0 Å². The molecule has 4 rings (SSSR count). The molecular formula is C23H25N3O2. The molecule has 2 heterocycles. The van der Waals surface area contributed by atoms with Gasteiger partial charge in [0, 0.05) is 19.5 Å². The van der Waals surface area contributed by atoms with Crippen LogP contribution in [0.4, 0.5) is 0 Å². The molecule has 5 heteroatoms. The average Bonchev–Trinajstić information content (AvgIpc) is 3.18. The van der Waals surface area contributed by atoms with Crippen molar-refractivity contribution >= 4 is 16.8 Å². The lowest BCUT2D eigenvalue weighted by molar-refractivity contribution is -0.132. The normalized spacial score (nSPS) is 16.6. The number of benzene rings is 2. The highest BCUT2D eigenvalue weighted by atomic mass is 16.2. The summed E-state index contributed by atoms with van der Waals surface area (Å²) in [5.41, 5.74) is 4.04. The molecule has 0 saturated carbocycles. The Morgan fingerprint density at radius 1 is 1.14 bits per heavy atom. The Kier molecular flexibility index (Phi) is 4.99. The second kappa shape index (κ2) is 7.58. The van der Waals surface area contributed by atoms with Crippen LogP contribution in [0.25, 0.3) is 10.9 Å². The first kappa shape index (κ1) is 18.4. The van der Waals surface area contributed by atoms with Crippen LogP contribution in [-0.2, 0) is 11.3 Å². The molecule has 1 aromatic heterocycles. The zero-order valence-corrected chi connectivity index (χ0v) is 16.4. The van der Waals surface area contributed by atoms with Crippen molar-refractivity contribution < 1.29 is 4.79 Å². The van der Waals surface area contributed by atoms with Crippen molar-refractivity contribution in [2.24, 2.45) is 0 Å². The Morgan fingerprint density at radius 2 is 1.93 bits per heavy atom. The van der Waals surface area contributed by atoms with E-state index in [0.29, 0.717) is 18.4 Å². The minimum Gasteiger partial charge on any atom is -0.336 e. The largest absolute Gasteiger partial charge is 0.336 e. The molecule has 0 N–H and O–H groups in total. The number of rotatable bonds is 4. The van der Waals surface area contributed by atoms with Gasteiger partial charge in [-0.1, -0.05) is 42.0 Å². The number of para-hydroxylation sites is 1. The maximum atomic E-state index is 12.9. The van der Waals surface area contributed by atoms with E-state index >= 15 is 0 Å². The molecule has 144 valence electrons. The summed E-state index contributed by atoms with van der Waals surface area (Å²) in [6, 6.07) is 14.2. The Labute approximate surface area is 164 Å². The molecule has 0 bridgehead atoms. The highest BCUT2D eigenvalue weighted by Gasteiger charge is 2.29. The number of carbonyl (C=O) groups excluding carboxylic acids is 1. The highest BCUT2D eigenvalue weighted by molar-refractivity contribution is 5.80. The van der Waals surface area contributed by atoms with Gasteiger partial charge in [-0.05, 0) is 43.9 Å². The summed E-state index contributed by atoms with van der Waals surface area (Å²) in [6.45, 7) is 5.15. The molecule has 1 fully saturated rings. The molecule has 1 saturated heterocycles. The van der Waals surface area contributed by atoms with Gasteiger partial charge in [0.1, 0.15) is 0 Å². The molecule has 1 aliphatic rings. The second-order valence-corrected chi connectivity index (χ2v) is 7.62. The van der Waals surface area contributed by atoms with Gasteiger partial charge in [0.2, 0.25) is 5.91 Å². The number of fused-ring (bicyclic) bond motifs is 1. The van der Waals surface area contributed by atoms with Gasteiger partial charge in [-0.15, -0.1) is 0 Å². The summed E-state index contributed by atoms with van der Waals surface area (Å²) in [6.07, 6.45) is 3.88. The Hall–Kier alpha value is -2.95. The molecule has 1 aliphatic heterocycles. The number of aryl methyl sites for hydroxylation is 3. The Morgan fingerprint density at radius 3 is 2.71 bits per heavy atom. The quantitative estimate of drug-likeness (QED) is 0.698. The molecule has 28 heavy (non-hydrogen) atoms. The third-order valence-electron chi connectivity index (χ3n) is 5.66. The minimum atomic E-state index is -0.0852. The number of amides is 1. The zero-order chi connectivity index (χ0) is 19.7. The number of hydrogen-bond acceptors (Lipinski definition) is 3. The SMILES string of the molecule is Cc1ccc([C@H]2CCCN2C(=O)CCn2cnc3c(C)cccc3c2=O)cc1. The molecule has 2 aromatic carbocycles. The van der Waals surface area contributed by atoms with E-state index in [1.807, 2.05) is 24.0 Å². The van der Waals surface area contributed by atoms with E-state index in [9.17, 15) is 9.59 Å².